The van der Waals surface area contributed by atoms with Gasteiger partial charge in [0.2, 0.25) is 0 Å². The quantitative estimate of drug-likeness (QED) is 0.755. The summed E-state index contributed by atoms with van der Waals surface area (Å²) in [6.45, 7) is 8.76. The van der Waals surface area contributed by atoms with Crippen molar-refractivity contribution < 1.29 is 4.42 Å². The Balaban J connectivity index is 2.14. The van der Waals surface area contributed by atoms with Crippen molar-refractivity contribution in [3.8, 4) is 0 Å². The molecule has 0 saturated carbocycles. The standard InChI is InChI=1S/C11H19NO/c1-9(2)10(3)6-12-7-11-4-5-13-8-11/h4-5,8-10,12H,6-7H2,1-3H3. The molecule has 1 rings (SSSR count). The minimum atomic E-state index is 0.729. The molecular formula is C11H19NO. The van der Waals surface area contributed by atoms with Gasteiger partial charge in [-0.3, -0.25) is 0 Å². The highest BCUT2D eigenvalue weighted by atomic mass is 16.3. The van der Waals surface area contributed by atoms with E-state index in [9.17, 15) is 0 Å². The van der Waals surface area contributed by atoms with Crippen LogP contribution in [0.1, 0.15) is 26.3 Å². The summed E-state index contributed by atoms with van der Waals surface area (Å²) in [4.78, 5) is 0. The van der Waals surface area contributed by atoms with Crippen molar-refractivity contribution in [3.05, 3.63) is 24.2 Å². The molecule has 1 atom stereocenters. The van der Waals surface area contributed by atoms with Gasteiger partial charge in [0.05, 0.1) is 12.5 Å². The van der Waals surface area contributed by atoms with Crippen molar-refractivity contribution in [1.82, 2.24) is 5.32 Å². The predicted octanol–water partition coefficient (Wildman–Crippen LogP) is 2.66. The van der Waals surface area contributed by atoms with Crippen molar-refractivity contribution in [2.75, 3.05) is 6.54 Å². The Morgan fingerprint density at radius 1 is 1.38 bits per heavy atom. The molecule has 1 N–H and O–H groups in total. The second-order valence-corrected chi connectivity index (χ2v) is 3.98. The van der Waals surface area contributed by atoms with E-state index in [0.717, 1.165) is 24.9 Å². The van der Waals surface area contributed by atoms with Gasteiger partial charge in [-0.15, -0.1) is 0 Å². The summed E-state index contributed by atoms with van der Waals surface area (Å²) in [6.07, 6.45) is 3.50. The summed E-state index contributed by atoms with van der Waals surface area (Å²) in [5.41, 5.74) is 1.22. The van der Waals surface area contributed by atoms with Crippen LogP contribution in [0.4, 0.5) is 0 Å². The fraction of sp³-hybridized carbons (Fsp3) is 0.636. The van der Waals surface area contributed by atoms with Gasteiger partial charge in [0.25, 0.3) is 0 Å². The summed E-state index contributed by atoms with van der Waals surface area (Å²) in [6, 6.07) is 1.99. The third-order valence-corrected chi connectivity index (χ3v) is 2.51. The Labute approximate surface area is 80.3 Å². The van der Waals surface area contributed by atoms with Gasteiger partial charge in [0.15, 0.2) is 0 Å². The molecule has 1 heterocycles. The Bertz CT molecular complexity index is 216. The molecule has 0 saturated heterocycles. The molecule has 0 aromatic carbocycles. The molecule has 1 aromatic rings. The smallest absolute Gasteiger partial charge is 0.0947 e. The highest BCUT2D eigenvalue weighted by Gasteiger charge is 2.05. The molecule has 0 bridgehead atoms. The van der Waals surface area contributed by atoms with E-state index in [1.54, 1.807) is 12.5 Å². The highest BCUT2D eigenvalue weighted by molar-refractivity contribution is 5.04. The lowest BCUT2D eigenvalue weighted by Crippen LogP contribution is -2.23. The van der Waals surface area contributed by atoms with Crippen LogP contribution in [-0.4, -0.2) is 6.54 Å². The van der Waals surface area contributed by atoms with Crippen LogP contribution in [-0.2, 0) is 6.54 Å². The van der Waals surface area contributed by atoms with Gasteiger partial charge in [-0.1, -0.05) is 20.8 Å². The molecule has 1 unspecified atom stereocenters. The van der Waals surface area contributed by atoms with E-state index in [1.807, 2.05) is 6.07 Å². The van der Waals surface area contributed by atoms with E-state index in [-0.39, 0.29) is 0 Å². The Morgan fingerprint density at radius 3 is 2.69 bits per heavy atom. The first-order valence-corrected chi connectivity index (χ1v) is 4.92. The first-order chi connectivity index (χ1) is 6.20. The number of furan rings is 1. The topological polar surface area (TPSA) is 25.2 Å². The van der Waals surface area contributed by atoms with Crippen molar-refractivity contribution in [2.45, 2.75) is 27.3 Å². The monoisotopic (exact) mass is 181 g/mol. The summed E-state index contributed by atoms with van der Waals surface area (Å²) in [7, 11) is 0. The van der Waals surface area contributed by atoms with Crippen LogP contribution < -0.4 is 5.32 Å². The van der Waals surface area contributed by atoms with Crippen LogP contribution in [0, 0.1) is 11.8 Å². The second-order valence-electron chi connectivity index (χ2n) is 3.98. The van der Waals surface area contributed by atoms with Crippen LogP contribution >= 0.6 is 0 Å². The average molecular weight is 181 g/mol. The summed E-state index contributed by atoms with van der Waals surface area (Å²) in [5.74, 6) is 1.48. The number of hydrogen-bond acceptors (Lipinski definition) is 2. The Kier molecular flexibility index (Phi) is 4.03. The van der Waals surface area contributed by atoms with Gasteiger partial charge in [-0.25, -0.2) is 0 Å². The van der Waals surface area contributed by atoms with E-state index < -0.39 is 0 Å². The molecule has 2 heteroatoms. The van der Waals surface area contributed by atoms with Crippen molar-refractivity contribution in [1.29, 1.82) is 0 Å². The maximum absolute atomic E-state index is 4.98. The SMILES string of the molecule is CC(C)C(C)CNCc1ccoc1. The van der Waals surface area contributed by atoms with Gasteiger partial charge in [0, 0.05) is 12.1 Å². The van der Waals surface area contributed by atoms with Crippen LogP contribution in [0.5, 0.6) is 0 Å². The molecule has 0 spiro atoms. The lowest BCUT2D eigenvalue weighted by molar-refractivity contribution is 0.392. The van der Waals surface area contributed by atoms with Gasteiger partial charge in [-0.05, 0) is 24.4 Å². The molecule has 0 amide bonds. The van der Waals surface area contributed by atoms with Crippen LogP contribution in [0.3, 0.4) is 0 Å². The van der Waals surface area contributed by atoms with Crippen LogP contribution in [0.15, 0.2) is 23.0 Å². The number of hydrogen-bond donors (Lipinski definition) is 1. The van der Waals surface area contributed by atoms with Gasteiger partial charge in [-0.2, -0.15) is 0 Å². The van der Waals surface area contributed by atoms with Crippen molar-refractivity contribution in [3.63, 3.8) is 0 Å². The molecule has 1 aromatic heterocycles. The minimum Gasteiger partial charge on any atom is -0.472 e. The molecule has 0 aliphatic heterocycles. The number of rotatable bonds is 5. The summed E-state index contributed by atoms with van der Waals surface area (Å²) in [5, 5.41) is 3.41. The maximum Gasteiger partial charge on any atom is 0.0947 e. The van der Waals surface area contributed by atoms with E-state index in [1.165, 1.54) is 5.56 Å². The van der Waals surface area contributed by atoms with Gasteiger partial charge < -0.3 is 9.73 Å². The van der Waals surface area contributed by atoms with E-state index in [0.29, 0.717) is 0 Å². The lowest BCUT2D eigenvalue weighted by Gasteiger charge is -2.15. The zero-order valence-electron chi connectivity index (χ0n) is 8.71. The van der Waals surface area contributed by atoms with Gasteiger partial charge in [0.1, 0.15) is 0 Å². The highest BCUT2D eigenvalue weighted by Crippen LogP contribution is 2.08. The van der Waals surface area contributed by atoms with E-state index >= 15 is 0 Å². The second kappa shape index (κ2) is 5.07. The summed E-state index contributed by atoms with van der Waals surface area (Å²) < 4.78 is 4.98. The largest absolute Gasteiger partial charge is 0.472 e. The molecule has 0 radical (unpaired) electrons. The van der Waals surface area contributed by atoms with E-state index in [2.05, 4.69) is 26.1 Å². The van der Waals surface area contributed by atoms with Crippen molar-refractivity contribution >= 4 is 0 Å². The van der Waals surface area contributed by atoms with Crippen LogP contribution in [0.2, 0.25) is 0 Å². The molecule has 0 aliphatic carbocycles. The minimum absolute atomic E-state index is 0.729. The fourth-order valence-electron chi connectivity index (χ4n) is 1.07. The molecule has 74 valence electrons. The number of nitrogens with one attached hydrogen (secondary N) is 1. The first kappa shape index (κ1) is 10.3. The Hall–Kier alpha value is -0.760. The molecule has 0 fully saturated rings. The predicted molar refractivity (Wildman–Crippen MR) is 54.4 cm³/mol. The molecule has 0 aliphatic rings. The average Bonchev–Trinajstić information content (AvgIpc) is 2.56. The molecular weight excluding hydrogens is 162 g/mol. The maximum atomic E-state index is 4.98. The third-order valence-electron chi connectivity index (χ3n) is 2.51. The van der Waals surface area contributed by atoms with Crippen molar-refractivity contribution in [2.24, 2.45) is 11.8 Å². The first-order valence-electron chi connectivity index (χ1n) is 4.92. The molecule has 13 heavy (non-hydrogen) atoms. The zero-order valence-corrected chi connectivity index (χ0v) is 8.71. The zero-order chi connectivity index (χ0) is 9.68. The third kappa shape index (κ3) is 3.64. The van der Waals surface area contributed by atoms with Gasteiger partial charge >= 0.3 is 0 Å². The normalized spacial score (nSPS) is 13.5. The van der Waals surface area contributed by atoms with E-state index in [4.69, 9.17) is 4.42 Å². The Morgan fingerprint density at radius 2 is 2.15 bits per heavy atom. The summed E-state index contributed by atoms with van der Waals surface area (Å²) >= 11 is 0. The molecule has 2 nitrogen and oxygen atoms in total. The lowest BCUT2D eigenvalue weighted by atomic mass is 9.98. The fourth-order valence-corrected chi connectivity index (χ4v) is 1.07. The van der Waals surface area contributed by atoms with Crippen LogP contribution in [0.25, 0.3) is 0 Å².